The molecular formula is C20H23FN2O. The molecule has 0 radical (unpaired) electrons. The second-order valence-corrected chi connectivity index (χ2v) is 6.63. The molecule has 0 spiro atoms. The quantitative estimate of drug-likeness (QED) is 0.831. The molecule has 3 N–H and O–H groups in total. The number of halogens is 1. The number of rotatable bonds is 4. The number of nitrogens with two attached hydrogens (primary N) is 1. The molecule has 0 bridgehead atoms. The summed E-state index contributed by atoms with van der Waals surface area (Å²) in [6.45, 7) is 1.95. The van der Waals surface area contributed by atoms with Crippen molar-refractivity contribution in [2.45, 2.75) is 44.6 Å². The van der Waals surface area contributed by atoms with Gasteiger partial charge in [-0.25, -0.2) is 4.39 Å². The number of carbonyl (C=O) groups excluding carboxylic acids is 1. The molecule has 1 aliphatic rings. The molecular weight excluding hydrogens is 303 g/mol. The van der Waals surface area contributed by atoms with Crippen LogP contribution in [-0.2, 0) is 11.2 Å². The Balaban J connectivity index is 1.66. The van der Waals surface area contributed by atoms with Crippen LogP contribution in [0.4, 0.5) is 10.1 Å². The monoisotopic (exact) mass is 326 g/mol. The summed E-state index contributed by atoms with van der Waals surface area (Å²) in [5.74, 6) is -0.282. The van der Waals surface area contributed by atoms with Gasteiger partial charge in [0.2, 0.25) is 5.91 Å². The van der Waals surface area contributed by atoms with Crippen molar-refractivity contribution in [1.29, 1.82) is 0 Å². The fourth-order valence-corrected chi connectivity index (χ4v) is 3.45. The summed E-state index contributed by atoms with van der Waals surface area (Å²) in [6.07, 6.45) is 3.34. The first-order chi connectivity index (χ1) is 11.5. The number of hydrogen-bond donors (Lipinski definition) is 2. The predicted molar refractivity (Wildman–Crippen MR) is 94.1 cm³/mol. The van der Waals surface area contributed by atoms with Crippen molar-refractivity contribution in [2.24, 2.45) is 0 Å². The highest BCUT2D eigenvalue weighted by Crippen LogP contribution is 2.31. The molecule has 2 aromatic rings. The number of nitrogen functional groups attached to an aromatic ring is 1. The molecule has 0 saturated heterocycles. The van der Waals surface area contributed by atoms with Crippen LogP contribution in [0, 0.1) is 5.82 Å². The number of fused-ring (bicyclic) bond motifs is 1. The molecule has 1 amide bonds. The average Bonchev–Trinajstić information content (AvgIpc) is 2.54. The minimum Gasteiger partial charge on any atom is -0.399 e. The van der Waals surface area contributed by atoms with Gasteiger partial charge in [0.1, 0.15) is 5.82 Å². The van der Waals surface area contributed by atoms with E-state index >= 15 is 0 Å². The standard InChI is InChI=1S/C20H23FN2O/c1-13(14-4-2-6-16(21)11-14)10-20(24)23-19-7-3-5-15-12-17(22)8-9-18(15)19/h2,4,6,8-9,11-13,19H,3,5,7,10,22H2,1H3,(H,23,24). The molecule has 1 aliphatic carbocycles. The zero-order valence-electron chi connectivity index (χ0n) is 13.9. The molecule has 0 aliphatic heterocycles. The molecule has 3 nitrogen and oxygen atoms in total. The van der Waals surface area contributed by atoms with E-state index in [9.17, 15) is 9.18 Å². The summed E-state index contributed by atoms with van der Waals surface area (Å²) in [5, 5.41) is 3.14. The van der Waals surface area contributed by atoms with E-state index in [-0.39, 0.29) is 23.7 Å². The van der Waals surface area contributed by atoms with Gasteiger partial charge < -0.3 is 11.1 Å². The van der Waals surface area contributed by atoms with E-state index < -0.39 is 0 Å². The molecule has 2 unspecified atom stereocenters. The van der Waals surface area contributed by atoms with Gasteiger partial charge in [0.25, 0.3) is 0 Å². The second kappa shape index (κ2) is 7.04. The summed E-state index contributed by atoms with van der Waals surface area (Å²) in [4.78, 5) is 12.4. The highest BCUT2D eigenvalue weighted by molar-refractivity contribution is 5.77. The zero-order chi connectivity index (χ0) is 17.1. The van der Waals surface area contributed by atoms with Crippen molar-refractivity contribution < 1.29 is 9.18 Å². The SMILES string of the molecule is CC(CC(=O)NC1CCCc2cc(N)ccc21)c1cccc(F)c1. The highest BCUT2D eigenvalue weighted by atomic mass is 19.1. The summed E-state index contributed by atoms with van der Waals surface area (Å²) in [5.41, 5.74) is 9.86. The van der Waals surface area contributed by atoms with E-state index in [0.717, 1.165) is 30.5 Å². The van der Waals surface area contributed by atoms with Crippen molar-refractivity contribution in [1.82, 2.24) is 5.32 Å². The summed E-state index contributed by atoms with van der Waals surface area (Å²) in [7, 11) is 0. The Morgan fingerprint density at radius 1 is 1.33 bits per heavy atom. The van der Waals surface area contributed by atoms with Gasteiger partial charge in [-0.2, -0.15) is 0 Å². The minimum atomic E-state index is -0.265. The number of hydrogen-bond acceptors (Lipinski definition) is 2. The van der Waals surface area contributed by atoms with Gasteiger partial charge >= 0.3 is 0 Å². The number of anilines is 1. The second-order valence-electron chi connectivity index (χ2n) is 6.63. The summed E-state index contributed by atoms with van der Waals surface area (Å²) in [6, 6.07) is 12.4. The van der Waals surface area contributed by atoms with Crippen LogP contribution in [0.15, 0.2) is 42.5 Å². The van der Waals surface area contributed by atoms with E-state index in [4.69, 9.17) is 5.73 Å². The third kappa shape index (κ3) is 3.75. The topological polar surface area (TPSA) is 55.1 Å². The fourth-order valence-electron chi connectivity index (χ4n) is 3.45. The highest BCUT2D eigenvalue weighted by Gasteiger charge is 2.22. The molecule has 2 atom stereocenters. The zero-order valence-corrected chi connectivity index (χ0v) is 13.9. The van der Waals surface area contributed by atoms with E-state index in [2.05, 4.69) is 5.32 Å². The lowest BCUT2D eigenvalue weighted by Crippen LogP contribution is -2.31. The Kier molecular flexibility index (Phi) is 4.84. The lowest BCUT2D eigenvalue weighted by atomic mass is 9.87. The Morgan fingerprint density at radius 3 is 2.96 bits per heavy atom. The van der Waals surface area contributed by atoms with E-state index in [0.29, 0.717) is 6.42 Å². The van der Waals surface area contributed by atoms with Gasteiger partial charge in [-0.15, -0.1) is 0 Å². The van der Waals surface area contributed by atoms with Crippen LogP contribution in [-0.4, -0.2) is 5.91 Å². The summed E-state index contributed by atoms with van der Waals surface area (Å²) >= 11 is 0. The Morgan fingerprint density at radius 2 is 2.17 bits per heavy atom. The average molecular weight is 326 g/mol. The van der Waals surface area contributed by atoms with Crippen LogP contribution < -0.4 is 11.1 Å². The molecule has 0 fully saturated rings. The third-order valence-electron chi connectivity index (χ3n) is 4.73. The molecule has 24 heavy (non-hydrogen) atoms. The Hall–Kier alpha value is -2.36. The first-order valence-electron chi connectivity index (χ1n) is 8.46. The van der Waals surface area contributed by atoms with E-state index in [1.807, 2.05) is 31.2 Å². The van der Waals surface area contributed by atoms with Gasteiger partial charge in [0, 0.05) is 12.1 Å². The smallest absolute Gasteiger partial charge is 0.221 e. The molecule has 2 aromatic carbocycles. The molecule has 4 heteroatoms. The van der Waals surface area contributed by atoms with Gasteiger partial charge in [0.15, 0.2) is 0 Å². The number of aryl methyl sites for hydroxylation is 1. The molecule has 0 aromatic heterocycles. The van der Waals surface area contributed by atoms with Crippen molar-refractivity contribution in [3.05, 3.63) is 65.0 Å². The number of benzene rings is 2. The molecule has 0 saturated carbocycles. The normalized spacial score (nSPS) is 17.8. The summed E-state index contributed by atoms with van der Waals surface area (Å²) < 4.78 is 13.3. The van der Waals surface area contributed by atoms with Crippen molar-refractivity contribution in [3.63, 3.8) is 0 Å². The van der Waals surface area contributed by atoms with Crippen molar-refractivity contribution >= 4 is 11.6 Å². The van der Waals surface area contributed by atoms with Crippen LogP contribution in [0.1, 0.15) is 54.8 Å². The number of carbonyl (C=O) groups is 1. The molecule has 126 valence electrons. The third-order valence-corrected chi connectivity index (χ3v) is 4.73. The van der Waals surface area contributed by atoms with Crippen LogP contribution in [0.2, 0.25) is 0 Å². The van der Waals surface area contributed by atoms with Gasteiger partial charge in [-0.05, 0) is 66.1 Å². The van der Waals surface area contributed by atoms with Gasteiger partial charge in [-0.1, -0.05) is 25.1 Å². The maximum atomic E-state index is 13.3. The first-order valence-corrected chi connectivity index (χ1v) is 8.46. The van der Waals surface area contributed by atoms with E-state index in [1.165, 1.54) is 23.3 Å². The lowest BCUT2D eigenvalue weighted by Gasteiger charge is -2.27. The maximum absolute atomic E-state index is 13.3. The number of amides is 1. The van der Waals surface area contributed by atoms with E-state index in [1.54, 1.807) is 6.07 Å². The Bertz CT molecular complexity index is 744. The minimum absolute atomic E-state index is 0.00133. The predicted octanol–water partition coefficient (Wildman–Crippen LogP) is 4.10. The Labute approximate surface area is 142 Å². The van der Waals surface area contributed by atoms with Crippen molar-refractivity contribution in [2.75, 3.05) is 5.73 Å². The first kappa shape index (κ1) is 16.5. The van der Waals surface area contributed by atoms with Crippen molar-refractivity contribution in [3.8, 4) is 0 Å². The van der Waals surface area contributed by atoms with Crippen LogP contribution in [0.25, 0.3) is 0 Å². The maximum Gasteiger partial charge on any atom is 0.221 e. The number of nitrogens with one attached hydrogen (secondary N) is 1. The van der Waals surface area contributed by atoms with Gasteiger partial charge in [0.05, 0.1) is 6.04 Å². The van der Waals surface area contributed by atoms with Crippen LogP contribution >= 0.6 is 0 Å². The lowest BCUT2D eigenvalue weighted by molar-refractivity contribution is -0.122. The van der Waals surface area contributed by atoms with Crippen LogP contribution in [0.3, 0.4) is 0 Å². The van der Waals surface area contributed by atoms with Crippen LogP contribution in [0.5, 0.6) is 0 Å². The van der Waals surface area contributed by atoms with Gasteiger partial charge in [-0.3, -0.25) is 4.79 Å². The fraction of sp³-hybridized carbons (Fsp3) is 0.350. The largest absolute Gasteiger partial charge is 0.399 e. The molecule has 0 heterocycles. The molecule has 3 rings (SSSR count).